The number of aryl methyl sites for hydroxylation is 1. The Morgan fingerprint density at radius 3 is 2.53 bits per heavy atom. The maximum Gasteiger partial charge on any atom is 0.243 e. The fraction of sp³-hybridized carbons (Fsp3) is 0.538. The van der Waals surface area contributed by atoms with E-state index >= 15 is 0 Å². The molecule has 1 aromatic rings. The van der Waals surface area contributed by atoms with E-state index in [-0.39, 0.29) is 6.04 Å². The maximum atomic E-state index is 12.6. The van der Waals surface area contributed by atoms with Gasteiger partial charge in [-0.15, -0.1) is 0 Å². The van der Waals surface area contributed by atoms with Gasteiger partial charge in [0.15, 0.2) is 0 Å². The van der Waals surface area contributed by atoms with Crippen LogP contribution < -0.4 is 5.32 Å². The molecule has 1 N–H and O–H groups in total. The highest BCUT2D eigenvalue weighted by molar-refractivity contribution is 9.10. The Hall–Kier alpha value is -0.430. The number of sulfonamides is 1. The molecular formula is C13H19BrN2O2S. The third-order valence-corrected chi connectivity index (χ3v) is 6.40. The number of nitrogens with one attached hydrogen (secondary N) is 1. The molecule has 1 aromatic carbocycles. The normalized spacial score (nSPS) is 17.9. The highest BCUT2D eigenvalue weighted by Gasteiger charge is 2.29. The Morgan fingerprint density at radius 2 is 1.95 bits per heavy atom. The fourth-order valence-corrected chi connectivity index (χ4v) is 4.24. The van der Waals surface area contributed by atoms with E-state index in [1.54, 1.807) is 19.2 Å². The minimum atomic E-state index is -3.40. The third-order valence-electron chi connectivity index (χ3n) is 3.64. The summed E-state index contributed by atoms with van der Waals surface area (Å²) < 4.78 is 27.5. The van der Waals surface area contributed by atoms with Crippen molar-refractivity contribution in [2.45, 2.75) is 30.7 Å². The first-order chi connectivity index (χ1) is 8.93. The Labute approximate surface area is 123 Å². The van der Waals surface area contributed by atoms with E-state index in [0.29, 0.717) is 4.90 Å². The van der Waals surface area contributed by atoms with Crippen LogP contribution in [-0.4, -0.2) is 38.9 Å². The maximum absolute atomic E-state index is 12.6. The Balaban J connectivity index is 2.27. The number of benzene rings is 1. The molecular weight excluding hydrogens is 328 g/mol. The van der Waals surface area contributed by atoms with Gasteiger partial charge in [-0.1, -0.05) is 22.0 Å². The first-order valence-corrected chi connectivity index (χ1v) is 8.61. The van der Waals surface area contributed by atoms with Crippen LogP contribution in [-0.2, 0) is 10.0 Å². The molecule has 0 radical (unpaired) electrons. The van der Waals surface area contributed by atoms with Gasteiger partial charge >= 0.3 is 0 Å². The summed E-state index contributed by atoms with van der Waals surface area (Å²) >= 11 is 3.39. The van der Waals surface area contributed by atoms with Crippen molar-refractivity contribution >= 4 is 26.0 Å². The molecule has 19 heavy (non-hydrogen) atoms. The first kappa shape index (κ1) is 15.0. The van der Waals surface area contributed by atoms with Gasteiger partial charge in [-0.05, 0) is 50.6 Å². The Kier molecular flexibility index (Phi) is 4.66. The monoisotopic (exact) mass is 346 g/mol. The summed E-state index contributed by atoms with van der Waals surface area (Å²) in [7, 11) is -1.72. The number of hydrogen-bond donors (Lipinski definition) is 1. The van der Waals surface area contributed by atoms with Gasteiger partial charge in [0, 0.05) is 17.6 Å². The van der Waals surface area contributed by atoms with E-state index in [1.165, 1.54) is 4.31 Å². The molecule has 2 rings (SSSR count). The van der Waals surface area contributed by atoms with E-state index in [9.17, 15) is 8.42 Å². The molecule has 0 amide bonds. The molecule has 0 spiro atoms. The van der Waals surface area contributed by atoms with E-state index in [4.69, 9.17) is 0 Å². The van der Waals surface area contributed by atoms with Crippen molar-refractivity contribution in [3.8, 4) is 0 Å². The van der Waals surface area contributed by atoms with Crippen molar-refractivity contribution in [2.24, 2.45) is 0 Å². The quantitative estimate of drug-likeness (QED) is 0.911. The van der Waals surface area contributed by atoms with Crippen LogP contribution >= 0.6 is 15.9 Å². The molecule has 6 heteroatoms. The molecule has 0 unspecified atom stereocenters. The Morgan fingerprint density at radius 1 is 1.32 bits per heavy atom. The Bertz CT molecular complexity index is 554. The SMILES string of the molecule is Cc1ccc(S(=O)(=O)N(C)C2CCNCC2)cc1Br. The molecule has 0 aromatic heterocycles. The number of halogens is 1. The lowest BCUT2D eigenvalue weighted by Gasteiger charge is -2.30. The topological polar surface area (TPSA) is 49.4 Å². The van der Waals surface area contributed by atoms with Crippen LogP contribution in [0.2, 0.25) is 0 Å². The number of rotatable bonds is 3. The second-order valence-corrected chi connectivity index (χ2v) is 7.77. The molecule has 1 aliphatic rings. The minimum Gasteiger partial charge on any atom is -0.317 e. The molecule has 0 atom stereocenters. The lowest BCUT2D eigenvalue weighted by Crippen LogP contribution is -2.43. The van der Waals surface area contributed by atoms with Crippen molar-refractivity contribution in [3.05, 3.63) is 28.2 Å². The lowest BCUT2D eigenvalue weighted by atomic mass is 10.1. The van der Waals surface area contributed by atoms with Gasteiger partial charge in [-0.2, -0.15) is 4.31 Å². The number of nitrogens with zero attached hydrogens (tertiary/aromatic N) is 1. The second kappa shape index (κ2) is 5.91. The average Bonchev–Trinajstić information content (AvgIpc) is 2.41. The largest absolute Gasteiger partial charge is 0.317 e. The molecule has 0 aliphatic carbocycles. The standard InChI is InChI=1S/C13H19BrN2O2S/c1-10-3-4-12(9-13(10)14)19(17,18)16(2)11-5-7-15-8-6-11/h3-4,9,11,15H,5-8H2,1-2H3. The summed E-state index contributed by atoms with van der Waals surface area (Å²) in [5.41, 5.74) is 1.03. The van der Waals surface area contributed by atoms with Gasteiger partial charge in [-0.3, -0.25) is 0 Å². The van der Waals surface area contributed by atoms with Crippen LogP contribution in [0.15, 0.2) is 27.6 Å². The highest BCUT2D eigenvalue weighted by atomic mass is 79.9. The van der Waals surface area contributed by atoms with Gasteiger partial charge in [0.25, 0.3) is 0 Å². The molecule has 1 heterocycles. The van der Waals surface area contributed by atoms with Gasteiger partial charge in [0.1, 0.15) is 0 Å². The van der Waals surface area contributed by atoms with Gasteiger partial charge in [0.05, 0.1) is 4.90 Å². The third kappa shape index (κ3) is 3.18. The van der Waals surface area contributed by atoms with Gasteiger partial charge in [-0.25, -0.2) is 8.42 Å². The minimum absolute atomic E-state index is 0.0892. The number of piperidine rings is 1. The average molecular weight is 347 g/mol. The summed E-state index contributed by atoms with van der Waals surface area (Å²) in [6, 6.07) is 5.27. The lowest BCUT2D eigenvalue weighted by molar-refractivity contribution is 0.296. The molecule has 4 nitrogen and oxygen atoms in total. The summed E-state index contributed by atoms with van der Waals surface area (Å²) in [5, 5.41) is 3.25. The van der Waals surface area contributed by atoms with E-state index in [2.05, 4.69) is 21.2 Å². The zero-order chi connectivity index (χ0) is 14.0. The van der Waals surface area contributed by atoms with Gasteiger partial charge < -0.3 is 5.32 Å². The molecule has 1 saturated heterocycles. The predicted molar refractivity (Wildman–Crippen MR) is 79.7 cm³/mol. The molecule has 1 aliphatic heterocycles. The van der Waals surface area contributed by atoms with Crippen LogP contribution in [0.4, 0.5) is 0 Å². The smallest absolute Gasteiger partial charge is 0.243 e. The van der Waals surface area contributed by atoms with E-state index in [0.717, 1.165) is 36.0 Å². The first-order valence-electron chi connectivity index (χ1n) is 6.38. The van der Waals surface area contributed by atoms with E-state index < -0.39 is 10.0 Å². The zero-order valence-electron chi connectivity index (χ0n) is 11.2. The van der Waals surface area contributed by atoms with Crippen molar-refractivity contribution in [1.82, 2.24) is 9.62 Å². The highest BCUT2D eigenvalue weighted by Crippen LogP contribution is 2.25. The van der Waals surface area contributed by atoms with Crippen LogP contribution in [0.1, 0.15) is 18.4 Å². The van der Waals surface area contributed by atoms with E-state index in [1.807, 2.05) is 13.0 Å². The van der Waals surface area contributed by atoms with Crippen LogP contribution in [0, 0.1) is 6.92 Å². The van der Waals surface area contributed by atoms with Crippen molar-refractivity contribution in [1.29, 1.82) is 0 Å². The van der Waals surface area contributed by atoms with Crippen molar-refractivity contribution < 1.29 is 8.42 Å². The van der Waals surface area contributed by atoms with Crippen LogP contribution in [0.3, 0.4) is 0 Å². The van der Waals surface area contributed by atoms with Crippen LogP contribution in [0.5, 0.6) is 0 Å². The molecule has 0 saturated carbocycles. The summed E-state index contributed by atoms with van der Waals surface area (Å²) in [6.45, 7) is 3.70. The number of hydrogen-bond acceptors (Lipinski definition) is 3. The summed E-state index contributed by atoms with van der Waals surface area (Å²) in [4.78, 5) is 0.353. The van der Waals surface area contributed by atoms with Crippen molar-refractivity contribution in [2.75, 3.05) is 20.1 Å². The molecule has 106 valence electrons. The second-order valence-electron chi connectivity index (χ2n) is 4.91. The summed E-state index contributed by atoms with van der Waals surface area (Å²) in [5.74, 6) is 0. The summed E-state index contributed by atoms with van der Waals surface area (Å²) in [6.07, 6.45) is 1.73. The molecule has 1 fully saturated rings. The van der Waals surface area contributed by atoms with Gasteiger partial charge in [0.2, 0.25) is 10.0 Å². The van der Waals surface area contributed by atoms with Crippen molar-refractivity contribution in [3.63, 3.8) is 0 Å². The van der Waals surface area contributed by atoms with Crippen LogP contribution in [0.25, 0.3) is 0 Å². The predicted octanol–water partition coefficient (Wildman–Crippen LogP) is 2.13. The molecule has 0 bridgehead atoms. The zero-order valence-corrected chi connectivity index (χ0v) is 13.6. The fourth-order valence-electron chi connectivity index (χ4n) is 2.27.